The van der Waals surface area contributed by atoms with Gasteiger partial charge in [-0.15, -0.1) is 0 Å². The van der Waals surface area contributed by atoms with Gasteiger partial charge in [0.15, 0.2) is 18.7 Å². The average Bonchev–Trinajstić information content (AvgIpc) is 2.74. The standard InChI is InChI=1S/C23H26N3O2.BrH/c24-13-16-26-14-11-18(12-15-26)21(17-26)28-23(27)22(19-7-3-1-4-8-19)25-20-9-5-2-6-10-20;/h1-10,18,21-22,25H,11-12,14-17H2;1H/q+1;/p-1/t18?,21-,22+,26?;/m0./s1. The topological polar surface area (TPSA) is 62.1 Å². The first-order chi connectivity index (χ1) is 13.7. The number of nitriles is 1. The molecule has 5 nitrogen and oxygen atoms in total. The zero-order chi connectivity index (χ0) is 19.4. The summed E-state index contributed by atoms with van der Waals surface area (Å²) in [6, 6.07) is 21.2. The first kappa shape index (κ1) is 21.4. The summed E-state index contributed by atoms with van der Waals surface area (Å²) in [6.45, 7) is 3.31. The normalized spacial score (nSPS) is 25.9. The van der Waals surface area contributed by atoms with Crippen LogP contribution in [0.3, 0.4) is 0 Å². The number of piperidine rings is 3. The summed E-state index contributed by atoms with van der Waals surface area (Å²) in [5.41, 5.74) is 1.77. The number of hydrogen-bond acceptors (Lipinski definition) is 4. The fourth-order valence-electron chi connectivity index (χ4n) is 4.57. The number of fused-ring (bicyclic) bond motifs is 3. The molecular formula is C23H26BrN3O2. The number of esters is 1. The van der Waals surface area contributed by atoms with E-state index in [4.69, 9.17) is 4.74 Å². The molecule has 2 bridgehead atoms. The smallest absolute Gasteiger partial charge is 0.333 e. The third-order valence-corrected chi connectivity index (χ3v) is 6.17. The molecule has 3 aliphatic heterocycles. The molecule has 6 heteroatoms. The average molecular weight is 456 g/mol. The van der Waals surface area contributed by atoms with Crippen LogP contribution in [0.1, 0.15) is 24.4 Å². The molecule has 29 heavy (non-hydrogen) atoms. The monoisotopic (exact) mass is 455 g/mol. The molecular weight excluding hydrogens is 430 g/mol. The largest absolute Gasteiger partial charge is 1.00 e. The van der Waals surface area contributed by atoms with Gasteiger partial charge in [0.2, 0.25) is 0 Å². The zero-order valence-corrected chi connectivity index (χ0v) is 17.9. The molecule has 1 N–H and O–H groups in total. The minimum atomic E-state index is -0.552. The molecule has 2 aromatic carbocycles. The lowest BCUT2D eigenvalue weighted by Gasteiger charge is -2.50. The van der Waals surface area contributed by atoms with Gasteiger partial charge in [0.1, 0.15) is 12.6 Å². The van der Waals surface area contributed by atoms with Gasteiger partial charge in [-0.25, -0.2) is 4.79 Å². The number of nitrogens with one attached hydrogen (secondary N) is 1. The molecule has 0 saturated carbocycles. The van der Waals surface area contributed by atoms with Gasteiger partial charge in [-0.3, -0.25) is 0 Å². The second-order valence-corrected chi connectivity index (χ2v) is 7.95. The highest BCUT2D eigenvalue weighted by Crippen LogP contribution is 2.36. The van der Waals surface area contributed by atoms with E-state index < -0.39 is 6.04 Å². The number of nitrogens with zero attached hydrogens (tertiary/aromatic N) is 2. The second-order valence-electron chi connectivity index (χ2n) is 7.95. The SMILES string of the molecule is N#CC[N+]12CCC(CC1)[C@@H](OC(=O)[C@H](Nc1ccccc1)c1ccccc1)C2.[Br-]. The lowest BCUT2D eigenvalue weighted by molar-refractivity contribution is -0.940. The van der Waals surface area contributed by atoms with Crippen molar-refractivity contribution in [3.05, 3.63) is 66.2 Å². The van der Waals surface area contributed by atoms with E-state index in [0.717, 1.165) is 48.2 Å². The van der Waals surface area contributed by atoms with E-state index in [1.54, 1.807) is 0 Å². The van der Waals surface area contributed by atoms with E-state index in [1.807, 2.05) is 60.7 Å². The zero-order valence-electron chi connectivity index (χ0n) is 16.3. The van der Waals surface area contributed by atoms with Crippen LogP contribution in [-0.2, 0) is 9.53 Å². The lowest BCUT2D eigenvalue weighted by atomic mass is 9.83. The first-order valence-electron chi connectivity index (χ1n) is 9.98. The van der Waals surface area contributed by atoms with Crippen LogP contribution in [0.5, 0.6) is 0 Å². The van der Waals surface area contributed by atoms with Crippen molar-refractivity contribution in [3.8, 4) is 6.07 Å². The molecule has 2 aromatic rings. The Morgan fingerprint density at radius 1 is 1.10 bits per heavy atom. The lowest BCUT2D eigenvalue weighted by Crippen LogP contribution is -3.00. The number of rotatable bonds is 6. The third-order valence-electron chi connectivity index (χ3n) is 6.17. The molecule has 0 unspecified atom stereocenters. The number of hydrogen-bond donors (Lipinski definition) is 1. The number of anilines is 1. The molecule has 0 aliphatic carbocycles. The number of halogens is 1. The molecule has 0 amide bonds. The minimum absolute atomic E-state index is 0. The number of ether oxygens (including phenoxy) is 1. The molecule has 3 saturated heterocycles. The highest BCUT2D eigenvalue weighted by atomic mass is 79.9. The predicted molar refractivity (Wildman–Crippen MR) is 107 cm³/mol. The molecule has 3 fully saturated rings. The highest BCUT2D eigenvalue weighted by Gasteiger charge is 2.48. The Labute approximate surface area is 182 Å². The van der Waals surface area contributed by atoms with Crippen LogP contribution in [0.4, 0.5) is 5.69 Å². The Kier molecular flexibility index (Phi) is 6.94. The van der Waals surface area contributed by atoms with E-state index >= 15 is 0 Å². The van der Waals surface area contributed by atoms with Gasteiger partial charge >= 0.3 is 5.97 Å². The van der Waals surface area contributed by atoms with Crippen molar-refractivity contribution in [2.45, 2.75) is 25.0 Å². The molecule has 0 aromatic heterocycles. The minimum Gasteiger partial charge on any atom is -1.00 e. The first-order valence-corrected chi connectivity index (χ1v) is 9.98. The van der Waals surface area contributed by atoms with Crippen molar-refractivity contribution in [2.24, 2.45) is 5.92 Å². The van der Waals surface area contributed by atoms with Crippen molar-refractivity contribution in [3.63, 3.8) is 0 Å². The summed E-state index contributed by atoms with van der Waals surface area (Å²) < 4.78 is 6.83. The summed E-state index contributed by atoms with van der Waals surface area (Å²) in [5.74, 6) is 0.166. The van der Waals surface area contributed by atoms with Gasteiger partial charge in [0.25, 0.3) is 0 Å². The van der Waals surface area contributed by atoms with Gasteiger partial charge in [-0.05, 0) is 17.7 Å². The van der Waals surface area contributed by atoms with Crippen molar-refractivity contribution in [2.75, 3.05) is 31.5 Å². The Bertz CT molecular complexity index is 845. The summed E-state index contributed by atoms with van der Waals surface area (Å²) >= 11 is 0. The molecule has 5 rings (SSSR count). The van der Waals surface area contributed by atoms with E-state index in [2.05, 4.69) is 11.4 Å². The van der Waals surface area contributed by atoms with E-state index in [-0.39, 0.29) is 29.1 Å². The Balaban J connectivity index is 0.00000240. The Hall–Kier alpha value is -2.36. The van der Waals surface area contributed by atoms with Gasteiger partial charge < -0.3 is 31.5 Å². The summed E-state index contributed by atoms with van der Waals surface area (Å²) in [4.78, 5) is 13.2. The van der Waals surface area contributed by atoms with Crippen LogP contribution in [0.25, 0.3) is 0 Å². The van der Waals surface area contributed by atoms with Crippen LogP contribution in [-0.4, -0.2) is 42.7 Å². The van der Waals surface area contributed by atoms with E-state index in [9.17, 15) is 10.1 Å². The van der Waals surface area contributed by atoms with Crippen LogP contribution in [0.2, 0.25) is 0 Å². The number of quaternary nitrogens is 1. The molecule has 3 heterocycles. The van der Waals surface area contributed by atoms with Gasteiger partial charge in [-0.1, -0.05) is 48.5 Å². The van der Waals surface area contributed by atoms with Crippen molar-refractivity contribution in [1.29, 1.82) is 5.26 Å². The Morgan fingerprint density at radius 2 is 1.72 bits per heavy atom. The third kappa shape index (κ3) is 4.80. The number of para-hydroxylation sites is 1. The quantitative estimate of drug-likeness (QED) is 0.391. The van der Waals surface area contributed by atoms with Gasteiger partial charge in [-0.2, -0.15) is 5.26 Å². The summed E-state index contributed by atoms with van der Waals surface area (Å²) in [7, 11) is 0. The summed E-state index contributed by atoms with van der Waals surface area (Å²) in [6.07, 6.45) is 1.95. The van der Waals surface area contributed by atoms with Gasteiger partial charge in [0.05, 0.1) is 13.1 Å². The molecule has 0 spiro atoms. The predicted octanol–water partition coefficient (Wildman–Crippen LogP) is 0.520. The van der Waals surface area contributed by atoms with E-state index in [1.165, 1.54) is 0 Å². The fraction of sp³-hybridized carbons (Fsp3) is 0.391. The molecule has 2 atom stereocenters. The Morgan fingerprint density at radius 3 is 2.34 bits per heavy atom. The molecule has 0 radical (unpaired) electrons. The van der Waals surface area contributed by atoms with Gasteiger partial charge in [0, 0.05) is 24.4 Å². The van der Waals surface area contributed by atoms with Crippen molar-refractivity contribution >= 4 is 11.7 Å². The maximum Gasteiger partial charge on any atom is 0.333 e. The maximum atomic E-state index is 13.2. The van der Waals surface area contributed by atoms with E-state index in [0.29, 0.717) is 12.5 Å². The number of carbonyl (C=O) groups excluding carboxylic acids is 1. The molecule has 3 aliphatic rings. The maximum absolute atomic E-state index is 13.2. The van der Waals surface area contributed by atoms with Crippen LogP contribution >= 0.6 is 0 Å². The highest BCUT2D eigenvalue weighted by molar-refractivity contribution is 5.81. The second kappa shape index (κ2) is 9.43. The number of carbonyl (C=O) groups is 1. The van der Waals surface area contributed by atoms with Crippen molar-refractivity contribution in [1.82, 2.24) is 0 Å². The summed E-state index contributed by atoms with van der Waals surface area (Å²) in [5, 5.41) is 12.5. The van der Waals surface area contributed by atoms with Crippen LogP contribution in [0.15, 0.2) is 60.7 Å². The van der Waals surface area contributed by atoms with Crippen LogP contribution < -0.4 is 22.3 Å². The molecule has 152 valence electrons. The fourth-order valence-corrected chi connectivity index (χ4v) is 4.57. The number of benzene rings is 2. The van der Waals surface area contributed by atoms with Crippen LogP contribution in [0, 0.1) is 17.2 Å². The van der Waals surface area contributed by atoms with Crippen molar-refractivity contribution < 1.29 is 31.0 Å².